The second kappa shape index (κ2) is 5.64. The third-order valence-electron chi connectivity index (χ3n) is 3.01. The lowest BCUT2D eigenvalue weighted by Crippen LogP contribution is -2.23. The van der Waals surface area contributed by atoms with Crippen molar-refractivity contribution in [3.8, 4) is 11.5 Å². The van der Waals surface area contributed by atoms with Gasteiger partial charge in [-0.1, -0.05) is 6.07 Å². The number of aromatic nitrogens is 2. The van der Waals surface area contributed by atoms with E-state index in [0.29, 0.717) is 25.5 Å². The van der Waals surface area contributed by atoms with Gasteiger partial charge in [-0.2, -0.15) is 5.10 Å². The zero-order valence-corrected chi connectivity index (χ0v) is 10.9. The lowest BCUT2D eigenvalue weighted by Gasteiger charge is -2.09. The summed E-state index contributed by atoms with van der Waals surface area (Å²) in [5, 5.41) is 9.19. The Bertz CT molecular complexity index is 596. The van der Waals surface area contributed by atoms with Crippen LogP contribution in [-0.2, 0) is 6.54 Å². The number of hydrogen-bond donors (Lipinski definition) is 2. The summed E-state index contributed by atoms with van der Waals surface area (Å²) in [5.41, 5.74) is 1.40. The molecule has 1 amide bonds. The smallest absolute Gasteiger partial charge is 0.269 e. The molecule has 104 valence electrons. The third kappa shape index (κ3) is 2.74. The van der Waals surface area contributed by atoms with E-state index in [0.717, 1.165) is 23.5 Å². The zero-order valence-electron chi connectivity index (χ0n) is 10.9. The SMILES string of the molecule is O=C(NCc1ccc2c(c1)OCCCO2)c1ccn[nH]1. The fourth-order valence-electron chi connectivity index (χ4n) is 1.98. The maximum absolute atomic E-state index is 11.8. The highest BCUT2D eigenvalue weighted by Gasteiger charge is 2.11. The van der Waals surface area contributed by atoms with Crippen molar-refractivity contribution in [2.24, 2.45) is 0 Å². The van der Waals surface area contributed by atoms with Crippen LogP contribution in [0.3, 0.4) is 0 Å². The minimum Gasteiger partial charge on any atom is -0.490 e. The Kier molecular flexibility index (Phi) is 3.54. The highest BCUT2D eigenvalue weighted by Crippen LogP contribution is 2.30. The number of aromatic amines is 1. The third-order valence-corrected chi connectivity index (χ3v) is 3.01. The molecule has 3 rings (SSSR count). The van der Waals surface area contributed by atoms with Gasteiger partial charge in [0.05, 0.1) is 13.2 Å². The van der Waals surface area contributed by atoms with Crippen molar-refractivity contribution in [3.05, 3.63) is 41.7 Å². The van der Waals surface area contributed by atoms with E-state index >= 15 is 0 Å². The second-order valence-corrected chi connectivity index (χ2v) is 4.48. The second-order valence-electron chi connectivity index (χ2n) is 4.48. The van der Waals surface area contributed by atoms with E-state index in [2.05, 4.69) is 15.5 Å². The van der Waals surface area contributed by atoms with Crippen molar-refractivity contribution in [3.63, 3.8) is 0 Å². The van der Waals surface area contributed by atoms with Crippen LogP contribution in [0.2, 0.25) is 0 Å². The molecule has 2 heterocycles. The van der Waals surface area contributed by atoms with Crippen molar-refractivity contribution in [1.82, 2.24) is 15.5 Å². The van der Waals surface area contributed by atoms with Crippen molar-refractivity contribution >= 4 is 5.91 Å². The molecule has 0 fully saturated rings. The van der Waals surface area contributed by atoms with E-state index in [-0.39, 0.29) is 5.91 Å². The average Bonchev–Trinajstić information content (AvgIpc) is 2.90. The van der Waals surface area contributed by atoms with Crippen molar-refractivity contribution < 1.29 is 14.3 Å². The summed E-state index contributed by atoms with van der Waals surface area (Å²) < 4.78 is 11.2. The molecule has 20 heavy (non-hydrogen) atoms. The van der Waals surface area contributed by atoms with E-state index < -0.39 is 0 Å². The Labute approximate surface area is 116 Å². The van der Waals surface area contributed by atoms with Gasteiger partial charge in [-0.15, -0.1) is 0 Å². The standard InChI is InChI=1S/C14H15N3O3/c18-14(11-4-5-16-17-11)15-9-10-2-3-12-13(8-10)20-7-1-6-19-12/h2-5,8H,1,6-7,9H2,(H,15,18)(H,16,17). The number of carbonyl (C=O) groups is 1. The Morgan fingerprint density at radius 1 is 1.25 bits per heavy atom. The summed E-state index contributed by atoms with van der Waals surface area (Å²) >= 11 is 0. The molecule has 1 aromatic heterocycles. The molecule has 0 saturated carbocycles. The summed E-state index contributed by atoms with van der Waals surface area (Å²) in [6, 6.07) is 7.32. The molecule has 0 bridgehead atoms. The number of ether oxygens (including phenoxy) is 2. The molecule has 0 aliphatic carbocycles. The molecule has 0 atom stereocenters. The van der Waals surface area contributed by atoms with Crippen LogP contribution < -0.4 is 14.8 Å². The number of nitrogens with zero attached hydrogens (tertiary/aromatic N) is 1. The average molecular weight is 273 g/mol. The van der Waals surface area contributed by atoms with Crippen LogP contribution in [-0.4, -0.2) is 29.3 Å². The molecule has 0 radical (unpaired) electrons. The van der Waals surface area contributed by atoms with E-state index in [9.17, 15) is 4.79 Å². The van der Waals surface area contributed by atoms with Crippen LogP contribution in [0.15, 0.2) is 30.5 Å². The number of nitrogens with one attached hydrogen (secondary N) is 2. The molecular weight excluding hydrogens is 258 g/mol. The molecule has 2 N–H and O–H groups in total. The maximum Gasteiger partial charge on any atom is 0.269 e. The van der Waals surface area contributed by atoms with Crippen LogP contribution in [0.25, 0.3) is 0 Å². The fraction of sp³-hybridized carbons (Fsp3) is 0.286. The van der Waals surface area contributed by atoms with Gasteiger partial charge in [0.2, 0.25) is 0 Å². The number of carbonyl (C=O) groups excluding carboxylic acids is 1. The van der Waals surface area contributed by atoms with Gasteiger partial charge in [-0.3, -0.25) is 9.89 Å². The van der Waals surface area contributed by atoms with Gasteiger partial charge in [-0.05, 0) is 23.8 Å². The molecule has 6 heteroatoms. The Balaban J connectivity index is 1.66. The van der Waals surface area contributed by atoms with Crippen LogP contribution in [0.5, 0.6) is 11.5 Å². The number of amides is 1. The predicted octanol–water partition coefficient (Wildman–Crippen LogP) is 1.50. The summed E-state index contributed by atoms with van der Waals surface area (Å²) in [6.07, 6.45) is 2.42. The molecule has 2 aromatic rings. The van der Waals surface area contributed by atoms with Crippen molar-refractivity contribution in [1.29, 1.82) is 0 Å². The lowest BCUT2D eigenvalue weighted by atomic mass is 10.2. The molecule has 1 aromatic carbocycles. The Morgan fingerprint density at radius 2 is 2.10 bits per heavy atom. The number of fused-ring (bicyclic) bond motifs is 1. The van der Waals surface area contributed by atoms with Gasteiger partial charge in [0.25, 0.3) is 5.91 Å². The van der Waals surface area contributed by atoms with Crippen LogP contribution >= 0.6 is 0 Å². The number of benzene rings is 1. The van der Waals surface area contributed by atoms with Gasteiger partial charge in [0.15, 0.2) is 11.5 Å². The normalized spacial score (nSPS) is 13.6. The molecular formula is C14H15N3O3. The van der Waals surface area contributed by atoms with Gasteiger partial charge < -0.3 is 14.8 Å². The monoisotopic (exact) mass is 273 g/mol. The molecule has 0 spiro atoms. The quantitative estimate of drug-likeness (QED) is 0.888. The minimum atomic E-state index is -0.186. The van der Waals surface area contributed by atoms with Crippen molar-refractivity contribution in [2.75, 3.05) is 13.2 Å². The van der Waals surface area contributed by atoms with Crippen LogP contribution in [0, 0.1) is 0 Å². The van der Waals surface area contributed by atoms with Gasteiger partial charge >= 0.3 is 0 Å². The maximum atomic E-state index is 11.8. The van der Waals surface area contributed by atoms with Gasteiger partial charge in [0.1, 0.15) is 5.69 Å². The number of rotatable bonds is 3. The first-order chi connectivity index (χ1) is 9.83. The topological polar surface area (TPSA) is 76.2 Å². The zero-order chi connectivity index (χ0) is 13.8. The van der Waals surface area contributed by atoms with Crippen LogP contribution in [0.4, 0.5) is 0 Å². The summed E-state index contributed by atoms with van der Waals surface area (Å²) in [6.45, 7) is 1.74. The van der Waals surface area contributed by atoms with Crippen molar-refractivity contribution in [2.45, 2.75) is 13.0 Å². The molecule has 1 aliphatic rings. The van der Waals surface area contributed by atoms with Gasteiger partial charge in [0, 0.05) is 19.2 Å². The summed E-state index contributed by atoms with van der Waals surface area (Å²) in [7, 11) is 0. The minimum absolute atomic E-state index is 0.186. The van der Waals surface area contributed by atoms with E-state index in [1.54, 1.807) is 12.3 Å². The first kappa shape index (κ1) is 12.5. The van der Waals surface area contributed by atoms with E-state index in [1.165, 1.54) is 0 Å². The fourth-order valence-corrected chi connectivity index (χ4v) is 1.98. The molecule has 0 saturated heterocycles. The number of hydrogen-bond acceptors (Lipinski definition) is 4. The van der Waals surface area contributed by atoms with E-state index in [4.69, 9.17) is 9.47 Å². The molecule has 1 aliphatic heterocycles. The lowest BCUT2D eigenvalue weighted by molar-refractivity contribution is 0.0946. The summed E-state index contributed by atoms with van der Waals surface area (Å²) in [5.74, 6) is 1.30. The molecule has 0 unspecified atom stereocenters. The largest absolute Gasteiger partial charge is 0.490 e. The molecule has 6 nitrogen and oxygen atoms in total. The first-order valence-corrected chi connectivity index (χ1v) is 6.49. The Hall–Kier alpha value is -2.50. The van der Waals surface area contributed by atoms with Gasteiger partial charge in [-0.25, -0.2) is 0 Å². The summed E-state index contributed by atoms with van der Waals surface area (Å²) in [4.78, 5) is 11.8. The Morgan fingerprint density at radius 3 is 2.90 bits per heavy atom. The highest BCUT2D eigenvalue weighted by molar-refractivity contribution is 5.92. The van der Waals surface area contributed by atoms with Crippen LogP contribution in [0.1, 0.15) is 22.5 Å². The van der Waals surface area contributed by atoms with E-state index in [1.807, 2.05) is 18.2 Å². The predicted molar refractivity (Wildman–Crippen MR) is 71.8 cm³/mol. The highest BCUT2D eigenvalue weighted by atomic mass is 16.5. The first-order valence-electron chi connectivity index (χ1n) is 6.49. The number of H-pyrrole nitrogens is 1.